The number of hydrogen-bond acceptors (Lipinski definition) is 5. The normalized spacial score (nSPS) is 45.0. The van der Waals surface area contributed by atoms with Crippen LogP contribution in [0.15, 0.2) is 11.1 Å². The number of carbonyl (C=O) groups excluding carboxylic acids is 1. The van der Waals surface area contributed by atoms with E-state index in [-0.39, 0.29) is 35.1 Å². The van der Waals surface area contributed by atoms with Gasteiger partial charge in [-0.15, -0.1) is 0 Å². The van der Waals surface area contributed by atoms with Gasteiger partial charge in [-0.2, -0.15) is 0 Å². The summed E-state index contributed by atoms with van der Waals surface area (Å²) in [6.07, 6.45) is 0.417. The second kappa shape index (κ2) is 5.88. The predicted octanol–water partition coefficient (Wildman–Crippen LogP) is 1.57. The quantitative estimate of drug-likeness (QED) is 0.605. The van der Waals surface area contributed by atoms with Crippen molar-refractivity contribution >= 4 is 5.78 Å². The molecule has 0 saturated heterocycles. The average molecular weight is 352 g/mol. The van der Waals surface area contributed by atoms with Crippen LogP contribution in [0.2, 0.25) is 0 Å². The van der Waals surface area contributed by atoms with E-state index in [1.807, 2.05) is 0 Å². The zero-order valence-electron chi connectivity index (χ0n) is 15.7. The predicted molar refractivity (Wildman–Crippen MR) is 93.7 cm³/mol. The lowest BCUT2D eigenvalue weighted by Crippen LogP contribution is -2.58. The molecule has 142 valence electrons. The smallest absolute Gasteiger partial charge is 0.160 e. The number of aliphatic hydroxyl groups is 4. The first-order valence-corrected chi connectivity index (χ1v) is 9.42. The number of allylic oxidation sites excluding steroid dienone is 1. The van der Waals surface area contributed by atoms with E-state index in [0.717, 1.165) is 24.0 Å². The molecular weight excluding hydrogens is 320 g/mol. The maximum Gasteiger partial charge on any atom is 0.160 e. The molecule has 5 nitrogen and oxygen atoms in total. The maximum atomic E-state index is 13.1. The molecule has 6 atom stereocenters. The first-order chi connectivity index (χ1) is 11.5. The van der Waals surface area contributed by atoms with Crippen molar-refractivity contribution in [2.75, 3.05) is 6.61 Å². The van der Waals surface area contributed by atoms with Crippen LogP contribution in [-0.4, -0.2) is 51.1 Å². The summed E-state index contributed by atoms with van der Waals surface area (Å²) >= 11 is 0. The van der Waals surface area contributed by atoms with Crippen molar-refractivity contribution in [2.24, 2.45) is 22.2 Å². The molecule has 6 unspecified atom stereocenters. The van der Waals surface area contributed by atoms with Gasteiger partial charge in [-0.1, -0.05) is 27.7 Å². The summed E-state index contributed by atoms with van der Waals surface area (Å²) in [7, 11) is 0. The van der Waals surface area contributed by atoms with Gasteiger partial charge in [0, 0.05) is 17.4 Å². The fourth-order valence-electron chi connectivity index (χ4n) is 6.03. The van der Waals surface area contributed by atoms with Crippen LogP contribution in [0, 0.1) is 22.2 Å². The van der Waals surface area contributed by atoms with Gasteiger partial charge in [0.1, 0.15) is 0 Å². The van der Waals surface area contributed by atoms with Crippen molar-refractivity contribution < 1.29 is 25.2 Å². The molecule has 4 N–H and O–H groups in total. The molecule has 5 heteroatoms. The van der Waals surface area contributed by atoms with Crippen LogP contribution in [0.3, 0.4) is 0 Å². The Kier molecular flexibility index (Phi) is 4.47. The Morgan fingerprint density at radius 2 is 1.80 bits per heavy atom. The monoisotopic (exact) mass is 352 g/mol. The van der Waals surface area contributed by atoms with Crippen LogP contribution in [-0.2, 0) is 4.79 Å². The molecule has 1 saturated carbocycles. The third kappa shape index (κ3) is 2.47. The third-order valence-corrected chi connectivity index (χ3v) is 7.77. The van der Waals surface area contributed by atoms with E-state index in [9.17, 15) is 25.2 Å². The van der Waals surface area contributed by atoms with Crippen LogP contribution in [0.1, 0.15) is 59.8 Å². The number of fused-ring (bicyclic) bond motifs is 2. The minimum absolute atomic E-state index is 0.0188. The van der Waals surface area contributed by atoms with Gasteiger partial charge in [-0.25, -0.2) is 0 Å². The molecule has 0 heterocycles. The van der Waals surface area contributed by atoms with Gasteiger partial charge < -0.3 is 20.4 Å². The second-order valence-corrected chi connectivity index (χ2v) is 9.49. The Hall–Kier alpha value is -0.750. The van der Waals surface area contributed by atoms with Gasteiger partial charge in [0.05, 0.1) is 24.9 Å². The van der Waals surface area contributed by atoms with Gasteiger partial charge in [0.25, 0.3) is 0 Å². The zero-order valence-corrected chi connectivity index (χ0v) is 15.7. The molecule has 0 radical (unpaired) electrons. The summed E-state index contributed by atoms with van der Waals surface area (Å²) in [4.78, 5) is 13.1. The first kappa shape index (κ1) is 19.0. The van der Waals surface area contributed by atoms with E-state index in [0.29, 0.717) is 12.8 Å². The van der Waals surface area contributed by atoms with E-state index in [1.165, 1.54) is 0 Å². The highest BCUT2D eigenvalue weighted by molar-refractivity contribution is 5.99. The molecule has 3 rings (SSSR count). The SMILES string of the molecule is CC12CCC(O)C(C)(C)C1CCC1=C2C(=O)CC(C)(C(O)CO)C1O. The molecule has 3 aliphatic carbocycles. The summed E-state index contributed by atoms with van der Waals surface area (Å²) in [6.45, 7) is 7.48. The minimum Gasteiger partial charge on any atom is -0.394 e. The molecule has 0 aromatic rings. The van der Waals surface area contributed by atoms with E-state index >= 15 is 0 Å². The van der Waals surface area contributed by atoms with Crippen LogP contribution in [0.4, 0.5) is 0 Å². The van der Waals surface area contributed by atoms with Gasteiger partial charge >= 0.3 is 0 Å². The maximum absolute atomic E-state index is 13.1. The van der Waals surface area contributed by atoms with E-state index in [1.54, 1.807) is 6.92 Å². The molecule has 0 bridgehead atoms. The molecule has 0 aromatic heterocycles. The second-order valence-electron chi connectivity index (χ2n) is 9.49. The Morgan fingerprint density at radius 3 is 2.40 bits per heavy atom. The molecule has 0 amide bonds. The molecule has 0 aliphatic heterocycles. The van der Waals surface area contributed by atoms with Crippen LogP contribution < -0.4 is 0 Å². The van der Waals surface area contributed by atoms with E-state index in [2.05, 4.69) is 20.8 Å². The lowest BCUT2D eigenvalue weighted by Gasteiger charge is -2.58. The number of hydrogen-bond donors (Lipinski definition) is 4. The summed E-state index contributed by atoms with van der Waals surface area (Å²) in [5, 5.41) is 41.1. The number of ketones is 1. The molecule has 3 aliphatic rings. The third-order valence-electron chi connectivity index (χ3n) is 7.77. The first-order valence-electron chi connectivity index (χ1n) is 9.42. The summed E-state index contributed by atoms with van der Waals surface area (Å²) in [5.74, 6) is 0.167. The van der Waals surface area contributed by atoms with Gasteiger partial charge in [0.15, 0.2) is 5.78 Å². The van der Waals surface area contributed by atoms with Gasteiger partial charge in [-0.05, 0) is 48.0 Å². The van der Waals surface area contributed by atoms with Crippen LogP contribution >= 0.6 is 0 Å². The van der Waals surface area contributed by atoms with Gasteiger partial charge in [-0.3, -0.25) is 4.79 Å². The van der Waals surface area contributed by atoms with Crippen molar-refractivity contribution in [3.8, 4) is 0 Å². The Bertz CT molecular complexity index is 609. The highest BCUT2D eigenvalue weighted by Gasteiger charge is 2.59. The Morgan fingerprint density at radius 1 is 1.16 bits per heavy atom. The largest absolute Gasteiger partial charge is 0.394 e. The minimum atomic E-state index is -1.13. The Balaban J connectivity index is 2.09. The van der Waals surface area contributed by atoms with Crippen molar-refractivity contribution in [3.05, 3.63) is 11.1 Å². The highest BCUT2D eigenvalue weighted by atomic mass is 16.3. The number of carbonyl (C=O) groups is 1. The fourth-order valence-corrected chi connectivity index (χ4v) is 6.03. The topological polar surface area (TPSA) is 98.0 Å². The van der Waals surface area contributed by atoms with Crippen molar-refractivity contribution in [1.82, 2.24) is 0 Å². The molecule has 0 aromatic carbocycles. The van der Waals surface area contributed by atoms with Crippen LogP contribution in [0.25, 0.3) is 0 Å². The molecule has 1 fully saturated rings. The molecule has 25 heavy (non-hydrogen) atoms. The highest BCUT2D eigenvalue weighted by Crippen LogP contribution is 2.62. The molecule has 0 spiro atoms. The zero-order chi connectivity index (χ0) is 18.8. The fraction of sp³-hybridized carbons (Fsp3) is 0.850. The van der Waals surface area contributed by atoms with E-state index in [4.69, 9.17) is 0 Å². The number of rotatable bonds is 2. The summed E-state index contributed by atoms with van der Waals surface area (Å²) in [6, 6.07) is 0. The lowest BCUT2D eigenvalue weighted by atomic mass is 9.46. The number of Topliss-reactive ketones (excluding diaryl/α,β-unsaturated/α-hetero) is 1. The van der Waals surface area contributed by atoms with E-state index < -0.39 is 24.2 Å². The van der Waals surface area contributed by atoms with Crippen molar-refractivity contribution in [2.45, 2.75) is 78.1 Å². The van der Waals surface area contributed by atoms with Crippen LogP contribution in [0.5, 0.6) is 0 Å². The van der Waals surface area contributed by atoms with Gasteiger partial charge in [0.2, 0.25) is 0 Å². The lowest BCUT2D eigenvalue weighted by molar-refractivity contribution is -0.138. The summed E-state index contributed by atoms with van der Waals surface area (Å²) in [5.41, 5.74) is -0.185. The summed E-state index contributed by atoms with van der Waals surface area (Å²) < 4.78 is 0. The van der Waals surface area contributed by atoms with Crippen molar-refractivity contribution in [1.29, 1.82) is 0 Å². The number of aliphatic hydroxyl groups excluding tert-OH is 4. The average Bonchev–Trinajstić information content (AvgIpc) is 2.55. The standard InChI is InChI=1S/C20H32O5/c1-18(2)13-6-5-11-16(19(13,3)8-7-14(18)23)12(22)9-20(4,17(11)25)15(24)10-21/h13-15,17,21,23-25H,5-10H2,1-4H3. The molecular formula is C20H32O5. The Labute approximate surface area is 149 Å². The van der Waals surface area contributed by atoms with Crippen molar-refractivity contribution in [3.63, 3.8) is 0 Å².